The fourth-order valence-corrected chi connectivity index (χ4v) is 1.94. The number of halogens is 1. The third kappa shape index (κ3) is 5.36. The number of carbonyl (C=O) groups is 1. The van der Waals surface area contributed by atoms with E-state index in [1.807, 2.05) is 11.9 Å². The second-order valence-electron chi connectivity index (χ2n) is 5.07. The van der Waals surface area contributed by atoms with Crippen molar-refractivity contribution in [3.8, 4) is 5.75 Å². The lowest BCUT2D eigenvalue weighted by Crippen LogP contribution is -2.36. The fraction of sp³-hybridized carbons (Fsp3) is 0.467. The maximum absolute atomic E-state index is 11.9. The molecule has 1 aliphatic carbocycles. The normalized spacial score (nSPS) is 14.0. The Bertz CT molecular complexity index is 515. The van der Waals surface area contributed by atoms with Crippen molar-refractivity contribution in [2.24, 2.45) is 10.7 Å². The molecule has 6 nitrogen and oxygen atoms in total. The summed E-state index contributed by atoms with van der Waals surface area (Å²) in [6.45, 7) is 0.939. The molecule has 0 aliphatic heterocycles. The standard InChI is InChI=1S/C15H22N4O2.HI/c1-19(12-5-6-12)15(16)18-10-9-17-14(20)11-3-7-13(21-2)8-4-11;/h3-4,7-8,12H,5-6,9-10H2,1-2H3,(H2,16,18)(H,17,20);1H. The number of methoxy groups -OCH3 is 1. The number of rotatable bonds is 6. The quantitative estimate of drug-likeness (QED) is 0.317. The zero-order valence-corrected chi connectivity index (χ0v) is 15.2. The Morgan fingerprint density at radius 1 is 1.41 bits per heavy atom. The van der Waals surface area contributed by atoms with E-state index in [-0.39, 0.29) is 29.9 Å². The van der Waals surface area contributed by atoms with Gasteiger partial charge in [0.15, 0.2) is 5.96 Å². The molecule has 1 fully saturated rings. The van der Waals surface area contributed by atoms with E-state index in [0.29, 0.717) is 30.7 Å². The lowest BCUT2D eigenvalue weighted by molar-refractivity contribution is 0.0955. The average Bonchev–Trinajstić information content (AvgIpc) is 3.35. The zero-order valence-electron chi connectivity index (χ0n) is 12.9. The number of benzene rings is 1. The van der Waals surface area contributed by atoms with Crippen LogP contribution in [0.5, 0.6) is 5.75 Å². The molecule has 122 valence electrons. The van der Waals surface area contributed by atoms with Crippen LogP contribution in [-0.2, 0) is 0 Å². The van der Waals surface area contributed by atoms with Crippen molar-refractivity contribution < 1.29 is 9.53 Å². The Hall–Kier alpha value is -1.51. The molecular weight excluding hydrogens is 395 g/mol. The van der Waals surface area contributed by atoms with Crippen molar-refractivity contribution in [2.45, 2.75) is 18.9 Å². The first-order valence-corrected chi connectivity index (χ1v) is 7.07. The molecule has 7 heteroatoms. The molecule has 0 spiro atoms. The summed E-state index contributed by atoms with van der Waals surface area (Å²) in [7, 11) is 3.54. The minimum Gasteiger partial charge on any atom is -0.497 e. The van der Waals surface area contributed by atoms with Gasteiger partial charge in [0.25, 0.3) is 5.91 Å². The zero-order chi connectivity index (χ0) is 15.2. The number of aliphatic imine (C=N–C) groups is 1. The van der Waals surface area contributed by atoms with Gasteiger partial charge in [0.2, 0.25) is 0 Å². The third-order valence-electron chi connectivity index (χ3n) is 3.48. The van der Waals surface area contributed by atoms with Crippen LogP contribution in [-0.4, -0.2) is 50.1 Å². The Balaban J connectivity index is 0.00000242. The first-order valence-electron chi connectivity index (χ1n) is 7.07. The van der Waals surface area contributed by atoms with Crippen LogP contribution in [0.4, 0.5) is 0 Å². The molecule has 0 heterocycles. The van der Waals surface area contributed by atoms with E-state index in [2.05, 4.69) is 10.3 Å². The van der Waals surface area contributed by atoms with Crippen LogP contribution in [0.3, 0.4) is 0 Å². The second kappa shape index (κ2) is 8.82. The lowest BCUT2D eigenvalue weighted by atomic mass is 10.2. The van der Waals surface area contributed by atoms with E-state index in [9.17, 15) is 4.79 Å². The van der Waals surface area contributed by atoms with Gasteiger partial charge in [-0.2, -0.15) is 0 Å². The van der Waals surface area contributed by atoms with Gasteiger partial charge in [0.1, 0.15) is 5.75 Å². The molecule has 0 radical (unpaired) electrons. The van der Waals surface area contributed by atoms with E-state index in [4.69, 9.17) is 10.5 Å². The lowest BCUT2D eigenvalue weighted by Gasteiger charge is -2.16. The van der Waals surface area contributed by atoms with E-state index in [0.717, 1.165) is 5.75 Å². The third-order valence-corrected chi connectivity index (χ3v) is 3.48. The maximum atomic E-state index is 11.9. The predicted octanol–water partition coefficient (Wildman–Crippen LogP) is 1.45. The first-order chi connectivity index (χ1) is 10.1. The Morgan fingerprint density at radius 3 is 2.59 bits per heavy atom. The van der Waals surface area contributed by atoms with Gasteiger partial charge in [-0.1, -0.05) is 0 Å². The van der Waals surface area contributed by atoms with Gasteiger partial charge in [-0.25, -0.2) is 0 Å². The molecule has 0 aromatic heterocycles. The van der Waals surface area contributed by atoms with Crippen LogP contribution in [0.1, 0.15) is 23.2 Å². The molecule has 1 aliphatic rings. The van der Waals surface area contributed by atoms with Crippen molar-refractivity contribution in [1.29, 1.82) is 0 Å². The van der Waals surface area contributed by atoms with Gasteiger partial charge in [-0.05, 0) is 37.1 Å². The van der Waals surface area contributed by atoms with Crippen molar-refractivity contribution in [2.75, 3.05) is 27.2 Å². The summed E-state index contributed by atoms with van der Waals surface area (Å²) >= 11 is 0. The smallest absolute Gasteiger partial charge is 0.251 e. The van der Waals surface area contributed by atoms with Gasteiger partial charge in [0, 0.05) is 25.2 Å². The highest BCUT2D eigenvalue weighted by molar-refractivity contribution is 14.0. The van der Waals surface area contributed by atoms with E-state index >= 15 is 0 Å². The van der Waals surface area contributed by atoms with Crippen LogP contribution in [0, 0.1) is 0 Å². The van der Waals surface area contributed by atoms with Crippen LogP contribution in [0.15, 0.2) is 29.3 Å². The summed E-state index contributed by atoms with van der Waals surface area (Å²) in [4.78, 5) is 18.2. The Morgan fingerprint density at radius 2 is 2.05 bits per heavy atom. The number of carbonyl (C=O) groups excluding carboxylic acids is 1. The van der Waals surface area contributed by atoms with Gasteiger partial charge in [-0.15, -0.1) is 24.0 Å². The molecular formula is C15H23IN4O2. The molecule has 0 atom stereocenters. The first kappa shape index (κ1) is 18.5. The number of hydrogen-bond acceptors (Lipinski definition) is 3. The van der Waals surface area contributed by atoms with Crippen molar-refractivity contribution in [3.05, 3.63) is 29.8 Å². The molecule has 1 aromatic rings. The van der Waals surface area contributed by atoms with Crippen LogP contribution < -0.4 is 15.8 Å². The van der Waals surface area contributed by atoms with Gasteiger partial charge >= 0.3 is 0 Å². The second-order valence-corrected chi connectivity index (χ2v) is 5.07. The number of ether oxygens (including phenoxy) is 1. The fourth-order valence-electron chi connectivity index (χ4n) is 1.94. The molecule has 3 N–H and O–H groups in total. The van der Waals surface area contributed by atoms with Crippen molar-refractivity contribution in [1.82, 2.24) is 10.2 Å². The summed E-state index contributed by atoms with van der Waals surface area (Å²) in [5.74, 6) is 1.14. The highest BCUT2D eigenvalue weighted by Gasteiger charge is 2.27. The molecule has 22 heavy (non-hydrogen) atoms. The summed E-state index contributed by atoms with van der Waals surface area (Å²) in [6, 6.07) is 7.52. The average molecular weight is 418 g/mol. The Labute approximate surface area is 148 Å². The largest absolute Gasteiger partial charge is 0.497 e. The van der Waals surface area contributed by atoms with Gasteiger partial charge in [-0.3, -0.25) is 9.79 Å². The summed E-state index contributed by atoms with van der Waals surface area (Å²) in [5, 5.41) is 2.81. The number of nitrogens with zero attached hydrogens (tertiary/aromatic N) is 2. The number of nitrogens with one attached hydrogen (secondary N) is 1. The maximum Gasteiger partial charge on any atom is 0.251 e. The summed E-state index contributed by atoms with van der Waals surface area (Å²) < 4.78 is 5.05. The van der Waals surface area contributed by atoms with Crippen LogP contribution in [0.25, 0.3) is 0 Å². The number of amides is 1. The highest BCUT2D eigenvalue weighted by atomic mass is 127. The molecule has 0 saturated heterocycles. The van der Waals surface area contributed by atoms with E-state index in [1.54, 1.807) is 31.4 Å². The van der Waals surface area contributed by atoms with Crippen LogP contribution >= 0.6 is 24.0 Å². The summed E-state index contributed by atoms with van der Waals surface area (Å²) in [5.41, 5.74) is 6.47. The molecule has 0 bridgehead atoms. The minimum absolute atomic E-state index is 0. The van der Waals surface area contributed by atoms with Crippen molar-refractivity contribution >= 4 is 35.8 Å². The molecule has 1 saturated carbocycles. The van der Waals surface area contributed by atoms with Gasteiger partial charge in [0.05, 0.1) is 13.7 Å². The van der Waals surface area contributed by atoms with E-state index in [1.165, 1.54) is 12.8 Å². The predicted molar refractivity (Wildman–Crippen MR) is 98.0 cm³/mol. The molecule has 1 amide bonds. The number of hydrogen-bond donors (Lipinski definition) is 2. The summed E-state index contributed by atoms with van der Waals surface area (Å²) in [6.07, 6.45) is 2.36. The number of nitrogens with two attached hydrogens (primary N) is 1. The molecule has 2 rings (SSSR count). The topological polar surface area (TPSA) is 79.9 Å². The van der Waals surface area contributed by atoms with Crippen molar-refractivity contribution in [3.63, 3.8) is 0 Å². The van der Waals surface area contributed by atoms with Gasteiger partial charge < -0.3 is 20.7 Å². The highest BCUT2D eigenvalue weighted by Crippen LogP contribution is 2.24. The van der Waals surface area contributed by atoms with E-state index < -0.39 is 0 Å². The molecule has 1 aromatic carbocycles. The SMILES string of the molecule is COc1ccc(C(=O)NCCN=C(N)N(C)C2CC2)cc1.I. The van der Waals surface area contributed by atoms with Crippen LogP contribution in [0.2, 0.25) is 0 Å². The Kier molecular flexibility index (Phi) is 7.43. The number of guanidine groups is 1. The monoisotopic (exact) mass is 418 g/mol. The minimum atomic E-state index is -0.123. The molecule has 0 unspecified atom stereocenters.